The van der Waals surface area contributed by atoms with Crippen LogP contribution in [0.2, 0.25) is 0 Å². The second kappa shape index (κ2) is 9.00. The summed E-state index contributed by atoms with van der Waals surface area (Å²) in [5, 5.41) is 0. The molecule has 0 bridgehead atoms. The lowest BCUT2D eigenvalue weighted by atomic mass is 9.73. The van der Waals surface area contributed by atoms with Crippen LogP contribution in [0.25, 0.3) is 0 Å². The van der Waals surface area contributed by atoms with Crippen molar-refractivity contribution in [2.45, 2.75) is 80.6 Å². The zero-order valence-electron chi connectivity index (χ0n) is 13.4. The van der Waals surface area contributed by atoms with E-state index in [1.54, 1.807) is 0 Å². The zero-order chi connectivity index (χ0) is 13.4. The van der Waals surface area contributed by atoms with Crippen molar-refractivity contribution in [2.24, 2.45) is 29.6 Å². The van der Waals surface area contributed by atoms with E-state index in [1.807, 2.05) is 0 Å². The van der Waals surface area contributed by atoms with E-state index in [9.17, 15) is 0 Å². The molecule has 0 fully saturated rings. The van der Waals surface area contributed by atoms with Crippen molar-refractivity contribution >= 4 is 0 Å². The van der Waals surface area contributed by atoms with Gasteiger partial charge in [-0.2, -0.15) is 0 Å². The molecular formula is C17H36. The molecule has 0 aromatic rings. The Morgan fingerprint density at radius 3 is 1.65 bits per heavy atom. The number of hydrogen-bond donors (Lipinski definition) is 0. The van der Waals surface area contributed by atoms with Crippen LogP contribution in [0.4, 0.5) is 0 Å². The van der Waals surface area contributed by atoms with Crippen LogP contribution in [0.3, 0.4) is 0 Å². The first-order chi connectivity index (χ1) is 7.93. The maximum Gasteiger partial charge on any atom is -0.0383 e. The molecule has 4 unspecified atom stereocenters. The van der Waals surface area contributed by atoms with Gasteiger partial charge in [-0.15, -0.1) is 0 Å². The van der Waals surface area contributed by atoms with Gasteiger partial charge in [-0.3, -0.25) is 0 Å². The quantitative estimate of drug-likeness (QED) is 0.453. The van der Waals surface area contributed by atoms with Crippen molar-refractivity contribution in [2.75, 3.05) is 0 Å². The maximum absolute atomic E-state index is 2.49. The van der Waals surface area contributed by atoms with Gasteiger partial charge in [-0.25, -0.2) is 0 Å². The summed E-state index contributed by atoms with van der Waals surface area (Å²) < 4.78 is 0. The average molecular weight is 240 g/mol. The van der Waals surface area contributed by atoms with Crippen molar-refractivity contribution in [3.8, 4) is 0 Å². The molecule has 17 heavy (non-hydrogen) atoms. The van der Waals surface area contributed by atoms with Gasteiger partial charge in [0.1, 0.15) is 0 Å². The monoisotopic (exact) mass is 240 g/mol. The molecular weight excluding hydrogens is 204 g/mol. The molecule has 0 saturated carbocycles. The van der Waals surface area contributed by atoms with E-state index in [1.165, 1.54) is 32.1 Å². The SMILES string of the molecule is CCCC(C)CC(CCC)C(C)C(C)C(C)C. The Kier molecular flexibility index (Phi) is 9.00. The Hall–Kier alpha value is 0. The van der Waals surface area contributed by atoms with E-state index in [0.717, 1.165) is 29.6 Å². The topological polar surface area (TPSA) is 0 Å². The normalized spacial score (nSPS) is 19.1. The summed E-state index contributed by atoms with van der Waals surface area (Å²) in [6.07, 6.45) is 6.96. The molecule has 0 saturated heterocycles. The van der Waals surface area contributed by atoms with Gasteiger partial charge in [0.2, 0.25) is 0 Å². The minimum Gasteiger partial charge on any atom is -0.0654 e. The highest BCUT2D eigenvalue weighted by Gasteiger charge is 2.25. The summed E-state index contributed by atoms with van der Waals surface area (Å²) in [6, 6.07) is 0. The highest BCUT2D eigenvalue weighted by atomic mass is 14.3. The van der Waals surface area contributed by atoms with Gasteiger partial charge in [-0.05, 0) is 36.0 Å². The van der Waals surface area contributed by atoms with E-state index in [2.05, 4.69) is 48.5 Å². The first-order valence-corrected chi connectivity index (χ1v) is 7.93. The van der Waals surface area contributed by atoms with Gasteiger partial charge in [0, 0.05) is 0 Å². The van der Waals surface area contributed by atoms with Crippen LogP contribution in [0.5, 0.6) is 0 Å². The second-order valence-corrected chi connectivity index (χ2v) is 6.64. The Bertz CT molecular complexity index is 171. The fourth-order valence-corrected chi connectivity index (χ4v) is 3.13. The van der Waals surface area contributed by atoms with Crippen LogP contribution in [0.15, 0.2) is 0 Å². The number of rotatable bonds is 9. The van der Waals surface area contributed by atoms with Crippen LogP contribution < -0.4 is 0 Å². The highest BCUT2D eigenvalue weighted by Crippen LogP contribution is 2.34. The predicted octanol–water partition coefficient (Wildman–Crippen LogP) is 6.16. The first-order valence-electron chi connectivity index (χ1n) is 7.93. The van der Waals surface area contributed by atoms with Crippen LogP contribution in [-0.2, 0) is 0 Å². The summed E-state index contributed by atoms with van der Waals surface area (Å²) in [7, 11) is 0. The van der Waals surface area contributed by atoms with Gasteiger partial charge in [0.25, 0.3) is 0 Å². The van der Waals surface area contributed by atoms with Gasteiger partial charge >= 0.3 is 0 Å². The third-order valence-corrected chi connectivity index (χ3v) is 4.77. The van der Waals surface area contributed by atoms with Crippen LogP contribution in [0, 0.1) is 29.6 Å². The lowest BCUT2D eigenvalue weighted by Gasteiger charge is -2.33. The largest absolute Gasteiger partial charge is 0.0654 e. The molecule has 0 rings (SSSR count). The van der Waals surface area contributed by atoms with E-state index in [0.29, 0.717) is 0 Å². The Balaban J connectivity index is 4.39. The van der Waals surface area contributed by atoms with Gasteiger partial charge in [-0.1, -0.05) is 74.1 Å². The third kappa shape index (κ3) is 6.48. The molecule has 0 aliphatic heterocycles. The smallest absolute Gasteiger partial charge is 0.0383 e. The predicted molar refractivity (Wildman–Crippen MR) is 80.3 cm³/mol. The van der Waals surface area contributed by atoms with Gasteiger partial charge in [0.05, 0.1) is 0 Å². The van der Waals surface area contributed by atoms with Crippen molar-refractivity contribution < 1.29 is 0 Å². The third-order valence-electron chi connectivity index (χ3n) is 4.77. The molecule has 0 heterocycles. The zero-order valence-corrected chi connectivity index (χ0v) is 13.4. The van der Waals surface area contributed by atoms with Crippen LogP contribution >= 0.6 is 0 Å². The molecule has 0 aromatic heterocycles. The van der Waals surface area contributed by atoms with E-state index >= 15 is 0 Å². The van der Waals surface area contributed by atoms with Crippen LogP contribution in [-0.4, -0.2) is 0 Å². The summed E-state index contributed by atoms with van der Waals surface area (Å²) in [4.78, 5) is 0. The maximum atomic E-state index is 2.49. The summed E-state index contributed by atoms with van der Waals surface area (Å²) >= 11 is 0. The average Bonchev–Trinajstić information content (AvgIpc) is 2.26. The number of hydrogen-bond acceptors (Lipinski definition) is 0. The molecule has 0 aromatic carbocycles. The van der Waals surface area contributed by atoms with Gasteiger partial charge < -0.3 is 0 Å². The first kappa shape index (κ1) is 17.0. The Morgan fingerprint density at radius 1 is 0.706 bits per heavy atom. The molecule has 0 spiro atoms. The van der Waals surface area contributed by atoms with Crippen LogP contribution in [0.1, 0.15) is 80.6 Å². The Labute approximate surface area is 111 Å². The van der Waals surface area contributed by atoms with Crippen molar-refractivity contribution in [1.29, 1.82) is 0 Å². The standard InChI is InChI=1S/C17H36/c1-8-10-14(5)12-17(11-9-2)16(7)15(6)13(3)4/h13-17H,8-12H2,1-7H3. The summed E-state index contributed by atoms with van der Waals surface area (Å²) in [5.74, 6) is 4.43. The molecule has 0 nitrogen and oxygen atoms in total. The summed E-state index contributed by atoms with van der Waals surface area (Å²) in [6.45, 7) is 16.8. The summed E-state index contributed by atoms with van der Waals surface area (Å²) in [5.41, 5.74) is 0. The highest BCUT2D eigenvalue weighted by molar-refractivity contribution is 4.75. The lowest BCUT2D eigenvalue weighted by molar-refractivity contribution is 0.172. The minimum atomic E-state index is 0.825. The molecule has 104 valence electrons. The molecule has 0 aliphatic carbocycles. The fourth-order valence-electron chi connectivity index (χ4n) is 3.13. The van der Waals surface area contributed by atoms with E-state index < -0.39 is 0 Å². The molecule has 0 N–H and O–H groups in total. The van der Waals surface area contributed by atoms with Gasteiger partial charge in [0.15, 0.2) is 0 Å². The fraction of sp³-hybridized carbons (Fsp3) is 1.00. The molecule has 4 atom stereocenters. The lowest BCUT2D eigenvalue weighted by Crippen LogP contribution is -2.24. The van der Waals surface area contributed by atoms with E-state index in [4.69, 9.17) is 0 Å². The molecule has 0 radical (unpaired) electrons. The minimum absolute atomic E-state index is 0.825. The molecule has 0 heteroatoms. The molecule has 0 amide bonds. The Morgan fingerprint density at radius 2 is 1.24 bits per heavy atom. The molecule has 0 aliphatic rings. The van der Waals surface area contributed by atoms with Crippen molar-refractivity contribution in [3.63, 3.8) is 0 Å². The van der Waals surface area contributed by atoms with Crippen molar-refractivity contribution in [3.05, 3.63) is 0 Å². The van der Waals surface area contributed by atoms with Crippen molar-refractivity contribution in [1.82, 2.24) is 0 Å². The second-order valence-electron chi connectivity index (χ2n) is 6.64. The van der Waals surface area contributed by atoms with E-state index in [-0.39, 0.29) is 0 Å².